The molecule has 0 saturated carbocycles. The van der Waals surface area contributed by atoms with E-state index in [1.165, 1.54) is 35.4 Å². The van der Waals surface area contributed by atoms with Crippen LogP contribution in [0.4, 0.5) is 0 Å². The SMILES string of the molecule is COC[C@@H](C[C@H]1O[C@@](O)([C@H](O)[C@@H]2C[C@H](OC)[C@@H](O)CC/C=C(C)/C=C/[C@@H](O[C@@H]3O[C@@H](C)[C@H](OC)[C@@H](O)[C@@H]3O)[C@H](C)/C=C(C)/C=C(C)/C=C(\C)C(=O)O2)[C@H](C)[C@@H](O)[C@H]1C)O[C@H]1C[C@](C)(O)[C@@H](O[C@H]2C[C@@H](OC)[C@H](O)[C@@H](C)O2)[C@H](C)O1. The van der Waals surface area contributed by atoms with Crippen molar-refractivity contribution in [2.24, 2.45) is 17.8 Å². The van der Waals surface area contributed by atoms with E-state index in [0.717, 1.165) is 11.1 Å². The molecular weight excluding hydrogens is 1030 g/mol. The zero-order valence-corrected chi connectivity index (χ0v) is 49.1. The molecule has 4 fully saturated rings. The number of carbonyl (C=O) groups excluding carboxylic acids is 1. The molecule has 4 saturated heterocycles. The molecule has 5 rings (SSSR count). The van der Waals surface area contributed by atoms with Gasteiger partial charge in [-0.15, -0.1) is 0 Å². The van der Waals surface area contributed by atoms with Gasteiger partial charge in [0.1, 0.15) is 42.7 Å². The maximum absolute atomic E-state index is 14.1. The first-order valence-electron chi connectivity index (χ1n) is 27.9. The van der Waals surface area contributed by atoms with Crippen molar-refractivity contribution in [3.63, 3.8) is 0 Å². The average molecular weight is 1130 g/mol. The van der Waals surface area contributed by atoms with Gasteiger partial charge in [0.2, 0.25) is 5.79 Å². The van der Waals surface area contributed by atoms with Crippen LogP contribution < -0.4 is 0 Å². The Morgan fingerprint density at radius 2 is 1.42 bits per heavy atom. The van der Waals surface area contributed by atoms with Crippen LogP contribution in [0.3, 0.4) is 0 Å². The smallest absolute Gasteiger partial charge is 0.334 e. The summed E-state index contributed by atoms with van der Waals surface area (Å²) in [6.07, 6.45) is -8.27. The summed E-state index contributed by atoms with van der Waals surface area (Å²) in [5, 5.41) is 92.6. The molecule has 21 heteroatoms. The average Bonchev–Trinajstić information content (AvgIpc) is 3.46. The topological polar surface area (TPSA) is 290 Å². The minimum atomic E-state index is -2.54. The third-order valence-corrected chi connectivity index (χ3v) is 16.4. The van der Waals surface area contributed by atoms with Gasteiger partial charge in [-0.3, -0.25) is 0 Å². The molecule has 0 aromatic rings. The second-order valence-corrected chi connectivity index (χ2v) is 23.0. The predicted molar refractivity (Wildman–Crippen MR) is 288 cm³/mol. The van der Waals surface area contributed by atoms with E-state index in [0.29, 0.717) is 12.0 Å². The highest BCUT2D eigenvalue weighted by Gasteiger charge is 2.57. The maximum atomic E-state index is 14.1. The standard InChI is InChI=1S/C58H96O21/c1-29-17-16-18-40(59)43(69-13)25-45(76-55(65)33(5)23-31(3)21-30(2)22-32(4)41(20-19-29)77-56-51(63)50(62)52(71-15)37(9)74-56)53(64)58(67)35(7)48(60)34(6)42(79-58)24-39(28-68-12)75-47-27-57(11,66)54(38(10)73-47)78-46-26-44(70-14)49(61)36(8)72-46/h17,19-23,32,34-54,56,59-64,66-67H,16,18,24-28H2,1-15H3/b20-19+,29-17+,30-22+,31-21+,33-23+/t32-,34+,35-,36-,37+,38+,39-,40+,41-,42-,43+,44-,45+,46+,47+,48+,49-,50+,51+,52+,53-,54+,56+,57+,58-/m1/s1. The van der Waals surface area contributed by atoms with Crippen molar-refractivity contribution >= 4 is 5.97 Å². The quantitative estimate of drug-likeness (QED) is 0.109. The first-order chi connectivity index (χ1) is 37.1. The van der Waals surface area contributed by atoms with Crippen LogP contribution in [0.5, 0.6) is 0 Å². The monoisotopic (exact) mass is 1130 g/mol. The molecule has 25 atom stereocenters. The lowest BCUT2D eigenvalue weighted by molar-refractivity contribution is -0.366. The molecule has 0 bridgehead atoms. The highest BCUT2D eigenvalue weighted by atomic mass is 16.7. The van der Waals surface area contributed by atoms with Crippen LogP contribution in [0.25, 0.3) is 0 Å². The Morgan fingerprint density at radius 3 is 2.05 bits per heavy atom. The molecule has 79 heavy (non-hydrogen) atoms. The molecule has 5 aliphatic rings. The zero-order chi connectivity index (χ0) is 58.8. The molecule has 5 heterocycles. The largest absolute Gasteiger partial charge is 0.456 e. The summed E-state index contributed by atoms with van der Waals surface area (Å²) < 4.78 is 72.0. The summed E-state index contributed by atoms with van der Waals surface area (Å²) in [5.74, 6) is -5.45. The lowest BCUT2D eigenvalue weighted by Gasteiger charge is -2.51. The maximum Gasteiger partial charge on any atom is 0.334 e. The van der Waals surface area contributed by atoms with Crippen LogP contribution >= 0.6 is 0 Å². The number of hydrogen-bond acceptors (Lipinski definition) is 21. The first-order valence-corrected chi connectivity index (χ1v) is 27.9. The number of allylic oxidation sites excluding steroid dienone is 7. The first kappa shape index (κ1) is 67.2. The number of carbonyl (C=O) groups is 1. The Kier molecular flexibility index (Phi) is 25.3. The second-order valence-electron chi connectivity index (χ2n) is 23.0. The summed E-state index contributed by atoms with van der Waals surface area (Å²) in [5.41, 5.74) is 0.977. The van der Waals surface area contributed by atoms with Crippen LogP contribution in [-0.4, -0.2) is 216 Å². The fourth-order valence-electron chi connectivity index (χ4n) is 11.6. The van der Waals surface area contributed by atoms with Gasteiger partial charge in [-0.25, -0.2) is 4.79 Å². The van der Waals surface area contributed by atoms with Crippen LogP contribution in [0.1, 0.15) is 115 Å². The molecule has 0 aromatic heterocycles. The minimum Gasteiger partial charge on any atom is -0.456 e. The zero-order valence-electron chi connectivity index (χ0n) is 49.1. The normalized spacial score (nSPS) is 46.7. The van der Waals surface area contributed by atoms with E-state index >= 15 is 0 Å². The van der Waals surface area contributed by atoms with Gasteiger partial charge in [0.25, 0.3) is 0 Å². The molecule has 0 unspecified atom stereocenters. The van der Waals surface area contributed by atoms with Crippen molar-refractivity contribution in [3.8, 4) is 0 Å². The number of hydrogen-bond donors (Lipinski definition) is 8. The molecule has 0 amide bonds. The van der Waals surface area contributed by atoms with E-state index in [9.17, 15) is 45.6 Å². The van der Waals surface area contributed by atoms with Crippen molar-refractivity contribution in [2.75, 3.05) is 35.0 Å². The van der Waals surface area contributed by atoms with Crippen molar-refractivity contribution in [1.29, 1.82) is 0 Å². The minimum absolute atomic E-state index is 0.00743. The molecule has 5 aliphatic heterocycles. The molecule has 21 nitrogen and oxygen atoms in total. The number of ether oxygens (including phenoxy) is 12. The van der Waals surface area contributed by atoms with Gasteiger partial charge in [-0.1, -0.05) is 67.9 Å². The van der Waals surface area contributed by atoms with Gasteiger partial charge < -0.3 is 97.7 Å². The van der Waals surface area contributed by atoms with Crippen molar-refractivity contribution in [3.05, 3.63) is 58.7 Å². The molecule has 0 aromatic carbocycles. The summed E-state index contributed by atoms with van der Waals surface area (Å²) in [7, 11) is 5.80. The number of methoxy groups -OCH3 is 4. The Balaban J connectivity index is 1.37. The summed E-state index contributed by atoms with van der Waals surface area (Å²) >= 11 is 0. The number of rotatable bonds is 15. The molecular formula is C58H96O21. The Bertz CT molecular complexity index is 2080. The highest BCUT2D eigenvalue weighted by Crippen LogP contribution is 2.43. The van der Waals surface area contributed by atoms with E-state index in [2.05, 4.69) is 0 Å². The van der Waals surface area contributed by atoms with Crippen molar-refractivity contribution < 1.29 is 102 Å². The fraction of sp³-hybridized carbons (Fsp3) is 0.810. The number of aliphatic hydroxyl groups is 8. The number of esters is 1. The van der Waals surface area contributed by atoms with Gasteiger partial charge in [0.05, 0.1) is 73.2 Å². The molecule has 0 spiro atoms. The third kappa shape index (κ3) is 17.3. The predicted octanol–water partition coefficient (Wildman–Crippen LogP) is 3.59. The van der Waals surface area contributed by atoms with Gasteiger partial charge in [-0.05, 0) is 74.3 Å². The van der Waals surface area contributed by atoms with E-state index in [1.54, 1.807) is 54.5 Å². The molecule has 454 valence electrons. The molecule has 8 N–H and O–H groups in total. The summed E-state index contributed by atoms with van der Waals surface area (Å²) in [6, 6.07) is 0. The van der Waals surface area contributed by atoms with Crippen LogP contribution in [0.15, 0.2) is 58.7 Å². The molecule has 0 aliphatic carbocycles. The number of aliphatic hydroxyl groups excluding tert-OH is 6. The van der Waals surface area contributed by atoms with Crippen LogP contribution in [0, 0.1) is 17.8 Å². The third-order valence-electron chi connectivity index (χ3n) is 16.4. The van der Waals surface area contributed by atoms with Gasteiger partial charge in [0, 0.05) is 77.4 Å². The number of cyclic esters (lactones) is 1. The van der Waals surface area contributed by atoms with Gasteiger partial charge >= 0.3 is 5.97 Å². The fourth-order valence-corrected chi connectivity index (χ4v) is 11.6. The van der Waals surface area contributed by atoms with E-state index < -0.39 is 152 Å². The van der Waals surface area contributed by atoms with Crippen molar-refractivity contribution in [2.45, 2.75) is 249 Å². The second kappa shape index (κ2) is 29.8. The van der Waals surface area contributed by atoms with E-state index in [1.807, 2.05) is 51.2 Å². The van der Waals surface area contributed by atoms with Gasteiger partial charge in [-0.2, -0.15) is 0 Å². The Labute approximate surface area is 467 Å². The lowest BCUT2D eigenvalue weighted by Crippen LogP contribution is -2.66. The lowest BCUT2D eigenvalue weighted by atomic mass is 9.76. The summed E-state index contributed by atoms with van der Waals surface area (Å²) in [6.45, 7) is 19.1. The van der Waals surface area contributed by atoms with Crippen LogP contribution in [0.2, 0.25) is 0 Å². The summed E-state index contributed by atoms with van der Waals surface area (Å²) in [4.78, 5) is 14.1. The Morgan fingerprint density at radius 1 is 0.747 bits per heavy atom. The van der Waals surface area contributed by atoms with Crippen LogP contribution in [-0.2, 0) is 61.6 Å². The van der Waals surface area contributed by atoms with E-state index in [4.69, 9.17) is 56.8 Å². The molecule has 0 radical (unpaired) electrons. The van der Waals surface area contributed by atoms with Crippen molar-refractivity contribution in [1.82, 2.24) is 0 Å². The highest BCUT2D eigenvalue weighted by molar-refractivity contribution is 5.88. The van der Waals surface area contributed by atoms with E-state index in [-0.39, 0.29) is 50.2 Å². The Hall–Kier alpha value is -2.59. The van der Waals surface area contributed by atoms with Gasteiger partial charge in [0.15, 0.2) is 18.9 Å².